The smallest absolute Gasteiger partial charge is 0.339 e. The third-order valence-electron chi connectivity index (χ3n) is 7.54. The maximum Gasteiger partial charge on any atom is 0.339 e. The number of hydrogen-bond acceptors (Lipinski definition) is 7. The summed E-state index contributed by atoms with van der Waals surface area (Å²) in [5.74, 6) is -0.293. The quantitative estimate of drug-likeness (QED) is 0.140. The SMILES string of the molecule is COc1ccc2c(c1)c(CC(=O)NCCNC(=O)c1ccc(OS(=O)(=O)c3ccc(C)cc3)cc1)c(C)n2C(=O)c1ccc(Cl)cc1. The van der Waals surface area contributed by atoms with Gasteiger partial charge >= 0.3 is 10.1 Å². The Balaban J connectivity index is 1.19. The Bertz CT molecular complexity index is 2060. The van der Waals surface area contributed by atoms with E-state index in [1.807, 2.05) is 6.92 Å². The first-order valence-corrected chi connectivity index (χ1v) is 16.4. The van der Waals surface area contributed by atoms with Crippen LogP contribution in [0.5, 0.6) is 11.5 Å². The number of rotatable bonds is 11. The summed E-state index contributed by atoms with van der Waals surface area (Å²) in [6.45, 7) is 3.94. The van der Waals surface area contributed by atoms with Crippen LogP contribution in [0.25, 0.3) is 10.9 Å². The summed E-state index contributed by atoms with van der Waals surface area (Å²) in [5, 5.41) is 6.77. The summed E-state index contributed by atoms with van der Waals surface area (Å²) in [6, 6.07) is 23.9. The van der Waals surface area contributed by atoms with E-state index in [4.69, 9.17) is 20.5 Å². The zero-order chi connectivity index (χ0) is 33.7. The van der Waals surface area contributed by atoms with E-state index in [-0.39, 0.29) is 42.0 Å². The highest BCUT2D eigenvalue weighted by Gasteiger charge is 2.22. The summed E-state index contributed by atoms with van der Waals surface area (Å²) < 4.78 is 37.2. The molecule has 0 atom stereocenters. The van der Waals surface area contributed by atoms with Crippen LogP contribution in [0.3, 0.4) is 0 Å². The standard InChI is InChI=1S/C35H32ClN3O7S/c1-22-4-15-29(16-5-22)47(43,44)46-27-12-8-24(9-13-27)34(41)38-19-18-37-33(40)21-30-23(2)39(32-17-14-28(45-3)20-31(30)32)35(42)25-6-10-26(36)11-7-25/h4-17,20H,18-19,21H2,1-3H3,(H,37,40)(H,38,41). The van der Waals surface area contributed by atoms with Crippen LogP contribution in [0.1, 0.15) is 37.5 Å². The van der Waals surface area contributed by atoms with Crippen molar-refractivity contribution < 1.29 is 31.7 Å². The van der Waals surface area contributed by atoms with Gasteiger partial charge < -0.3 is 19.6 Å². The molecule has 0 unspecified atom stereocenters. The molecule has 5 rings (SSSR count). The number of nitrogens with one attached hydrogen (secondary N) is 2. The minimum Gasteiger partial charge on any atom is -0.497 e. The van der Waals surface area contributed by atoms with Crippen LogP contribution in [0.2, 0.25) is 5.02 Å². The summed E-state index contributed by atoms with van der Waals surface area (Å²) >= 11 is 6.01. The van der Waals surface area contributed by atoms with Gasteiger partial charge in [0.1, 0.15) is 16.4 Å². The molecule has 0 aliphatic heterocycles. The first-order valence-electron chi connectivity index (χ1n) is 14.6. The van der Waals surface area contributed by atoms with Gasteiger partial charge in [-0.1, -0.05) is 29.3 Å². The fourth-order valence-electron chi connectivity index (χ4n) is 5.04. The Labute approximate surface area is 277 Å². The highest BCUT2D eigenvalue weighted by molar-refractivity contribution is 7.87. The Morgan fingerprint density at radius 1 is 0.787 bits per heavy atom. The molecule has 0 bridgehead atoms. The number of hydrogen-bond donors (Lipinski definition) is 2. The van der Waals surface area contributed by atoms with Gasteiger partial charge in [-0.25, -0.2) is 0 Å². The Morgan fingerprint density at radius 3 is 2.06 bits per heavy atom. The van der Waals surface area contributed by atoms with Crippen LogP contribution in [-0.2, 0) is 21.3 Å². The second-order valence-corrected chi connectivity index (χ2v) is 12.7. The number of methoxy groups -OCH3 is 1. The van der Waals surface area contributed by atoms with Crippen molar-refractivity contribution in [1.29, 1.82) is 0 Å². The van der Waals surface area contributed by atoms with Crippen LogP contribution in [0, 0.1) is 13.8 Å². The molecular weight excluding hydrogens is 642 g/mol. The average molecular weight is 674 g/mol. The van der Waals surface area contributed by atoms with E-state index in [0.29, 0.717) is 44.1 Å². The lowest BCUT2D eigenvalue weighted by molar-refractivity contribution is -0.120. The lowest BCUT2D eigenvalue weighted by atomic mass is 10.1. The van der Waals surface area contributed by atoms with Gasteiger partial charge in [0.2, 0.25) is 5.91 Å². The van der Waals surface area contributed by atoms with Crippen molar-refractivity contribution in [2.45, 2.75) is 25.2 Å². The fraction of sp³-hybridized carbons (Fsp3) is 0.171. The molecule has 5 aromatic rings. The molecule has 242 valence electrons. The number of aromatic nitrogens is 1. The molecule has 4 aromatic carbocycles. The van der Waals surface area contributed by atoms with Gasteiger partial charge in [-0.3, -0.25) is 19.0 Å². The Kier molecular flexibility index (Phi) is 9.97. The minimum absolute atomic E-state index is 0.00267. The third kappa shape index (κ3) is 7.65. The second kappa shape index (κ2) is 14.1. The molecule has 2 amide bonds. The summed E-state index contributed by atoms with van der Waals surface area (Å²) in [5.41, 5.74) is 3.60. The van der Waals surface area contributed by atoms with E-state index in [1.165, 1.54) is 36.4 Å². The number of halogens is 1. The van der Waals surface area contributed by atoms with Gasteiger partial charge in [0.15, 0.2) is 0 Å². The number of ether oxygens (including phenoxy) is 1. The molecule has 0 aliphatic carbocycles. The molecule has 0 saturated heterocycles. The molecule has 12 heteroatoms. The maximum absolute atomic E-state index is 13.5. The summed E-state index contributed by atoms with van der Waals surface area (Å²) in [6.07, 6.45) is -0.00267. The Morgan fingerprint density at radius 2 is 1.40 bits per heavy atom. The highest BCUT2D eigenvalue weighted by atomic mass is 35.5. The van der Waals surface area contributed by atoms with Gasteiger partial charge in [-0.05, 0) is 98.3 Å². The van der Waals surface area contributed by atoms with Crippen LogP contribution in [0.4, 0.5) is 0 Å². The maximum atomic E-state index is 13.5. The predicted molar refractivity (Wildman–Crippen MR) is 179 cm³/mol. The fourth-order valence-corrected chi connectivity index (χ4v) is 6.10. The van der Waals surface area contributed by atoms with E-state index in [0.717, 1.165) is 5.56 Å². The molecule has 0 spiro atoms. The molecule has 2 N–H and O–H groups in total. The van der Waals surface area contributed by atoms with E-state index in [2.05, 4.69) is 10.6 Å². The van der Waals surface area contributed by atoms with Crippen molar-refractivity contribution in [3.05, 3.63) is 124 Å². The van der Waals surface area contributed by atoms with E-state index in [1.54, 1.807) is 73.2 Å². The molecule has 0 saturated carbocycles. The van der Waals surface area contributed by atoms with Crippen molar-refractivity contribution in [2.24, 2.45) is 0 Å². The number of fused-ring (bicyclic) bond motifs is 1. The van der Waals surface area contributed by atoms with Crippen LogP contribution >= 0.6 is 11.6 Å². The third-order valence-corrected chi connectivity index (χ3v) is 9.05. The predicted octanol–water partition coefficient (Wildman–Crippen LogP) is 5.47. The normalized spacial score (nSPS) is 11.2. The van der Waals surface area contributed by atoms with Crippen LogP contribution in [-0.4, -0.2) is 50.9 Å². The zero-order valence-corrected chi connectivity index (χ0v) is 27.4. The largest absolute Gasteiger partial charge is 0.497 e. The van der Waals surface area contributed by atoms with Gasteiger partial charge in [0.05, 0.1) is 19.0 Å². The molecule has 0 radical (unpaired) electrons. The monoisotopic (exact) mass is 673 g/mol. The van der Waals surface area contributed by atoms with Gasteiger partial charge in [-0.15, -0.1) is 0 Å². The Hall–Kier alpha value is -5.13. The van der Waals surface area contributed by atoms with E-state index in [9.17, 15) is 22.8 Å². The molecule has 47 heavy (non-hydrogen) atoms. The van der Waals surface area contributed by atoms with Crippen LogP contribution in [0.15, 0.2) is 95.9 Å². The number of amides is 2. The molecule has 1 aromatic heterocycles. The van der Waals surface area contributed by atoms with E-state index >= 15 is 0 Å². The highest BCUT2D eigenvalue weighted by Crippen LogP contribution is 2.31. The molecule has 0 fully saturated rings. The first kappa shape index (κ1) is 33.2. The van der Waals surface area contributed by atoms with Gasteiger partial charge in [0, 0.05) is 40.3 Å². The number of carbonyl (C=O) groups is 3. The lowest BCUT2D eigenvalue weighted by Crippen LogP contribution is -2.35. The number of benzene rings is 4. The minimum atomic E-state index is -4.02. The first-order chi connectivity index (χ1) is 22.5. The molecule has 0 aliphatic rings. The zero-order valence-electron chi connectivity index (χ0n) is 25.9. The van der Waals surface area contributed by atoms with Crippen molar-refractivity contribution >= 4 is 50.3 Å². The van der Waals surface area contributed by atoms with Gasteiger partial charge in [0.25, 0.3) is 11.8 Å². The van der Waals surface area contributed by atoms with Crippen molar-refractivity contribution in [2.75, 3.05) is 20.2 Å². The summed E-state index contributed by atoms with van der Waals surface area (Å²) in [4.78, 5) is 39.2. The molecule has 1 heterocycles. The number of aryl methyl sites for hydroxylation is 1. The topological polar surface area (TPSA) is 133 Å². The van der Waals surface area contributed by atoms with Crippen LogP contribution < -0.4 is 19.6 Å². The number of nitrogens with zero attached hydrogens (tertiary/aromatic N) is 1. The van der Waals surface area contributed by atoms with Crippen molar-refractivity contribution in [1.82, 2.24) is 15.2 Å². The molecular formula is C35H32ClN3O7S. The number of carbonyl (C=O) groups excluding carboxylic acids is 3. The van der Waals surface area contributed by atoms with Crippen molar-refractivity contribution in [3.63, 3.8) is 0 Å². The van der Waals surface area contributed by atoms with Crippen molar-refractivity contribution in [3.8, 4) is 11.5 Å². The lowest BCUT2D eigenvalue weighted by Gasteiger charge is -2.10. The van der Waals surface area contributed by atoms with E-state index < -0.39 is 16.0 Å². The summed E-state index contributed by atoms with van der Waals surface area (Å²) in [7, 11) is -2.47. The second-order valence-electron chi connectivity index (χ2n) is 10.8. The van der Waals surface area contributed by atoms with Gasteiger partial charge in [-0.2, -0.15) is 8.42 Å². The molecule has 10 nitrogen and oxygen atoms in total. The average Bonchev–Trinajstić information content (AvgIpc) is 3.33.